The summed E-state index contributed by atoms with van der Waals surface area (Å²) in [5.41, 5.74) is 2.81. The Morgan fingerprint density at radius 2 is 1.58 bits per heavy atom. The first-order chi connectivity index (χ1) is 17.2. The second kappa shape index (κ2) is 14.8. The fraction of sp³-hybridized carbons (Fsp3) is 0.310. The van der Waals surface area contributed by atoms with Crippen LogP contribution in [-0.4, -0.2) is 38.2 Å². The van der Waals surface area contributed by atoms with E-state index in [1.165, 1.54) is 10.5 Å². The lowest BCUT2D eigenvalue weighted by molar-refractivity contribution is -0.109. The molecule has 36 heavy (non-hydrogen) atoms. The fourth-order valence-electron chi connectivity index (χ4n) is 3.14. The van der Waals surface area contributed by atoms with E-state index >= 15 is 0 Å². The van der Waals surface area contributed by atoms with E-state index in [0.717, 1.165) is 29.0 Å². The molecule has 6 nitrogen and oxygen atoms in total. The molecule has 2 N–H and O–H groups in total. The van der Waals surface area contributed by atoms with Crippen molar-refractivity contribution in [3.05, 3.63) is 90.0 Å². The van der Waals surface area contributed by atoms with Crippen molar-refractivity contribution in [1.82, 2.24) is 5.32 Å². The highest BCUT2D eigenvalue weighted by Crippen LogP contribution is 2.33. The van der Waals surface area contributed by atoms with Crippen molar-refractivity contribution in [2.75, 3.05) is 19.5 Å². The van der Waals surface area contributed by atoms with Crippen LogP contribution >= 0.6 is 11.8 Å². The standard InChI is InChI=1S/C15H17NOS.C14H19NO3/c1-16-13-8-9-15(14(10-13)17-2)18-11-12-6-4-3-5-7-12;1-14(2,3)18-13(17)15-12(10-16)9-11-7-5-4-6-8-11/h3-10,16H,11H2,1-2H3;4-8,10,12H,9H2,1-3H3,(H,15,17). The second-order valence-corrected chi connectivity index (χ2v) is 9.99. The highest BCUT2D eigenvalue weighted by molar-refractivity contribution is 7.98. The molecule has 0 saturated heterocycles. The molecule has 0 heterocycles. The van der Waals surface area contributed by atoms with Crippen molar-refractivity contribution in [3.8, 4) is 5.75 Å². The van der Waals surface area contributed by atoms with Crippen LogP contribution < -0.4 is 15.4 Å². The molecule has 3 aromatic rings. The third-order valence-electron chi connectivity index (χ3n) is 4.85. The third-order valence-corrected chi connectivity index (χ3v) is 5.98. The van der Waals surface area contributed by atoms with Crippen LogP contribution in [-0.2, 0) is 21.7 Å². The van der Waals surface area contributed by atoms with Crippen molar-refractivity contribution in [2.45, 2.75) is 49.5 Å². The van der Waals surface area contributed by atoms with Crippen molar-refractivity contribution >= 4 is 29.8 Å². The molecule has 0 spiro atoms. The number of rotatable bonds is 9. The minimum Gasteiger partial charge on any atom is -0.496 e. The van der Waals surface area contributed by atoms with Gasteiger partial charge in [0.1, 0.15) is 17.6 Å². The van der Waals surface area contributed by atoms with Crippen LogP contribution in [0.15, 0.2) is 83.8 Å². The number of alkyl carbamates (subject to hydrolysis) is 1. The Kier molecular flexibility index (Phi) is 11.9. The Bertz CT molecular complexity index is 1070. The molecule has 0 saturated carbocycles. The van der Waals surface area contributed by atoms with Gasteiger partial charge < -0.3 is 24.9 Å². The van der Waals surface area contributed by atoms with E-state index < -0.39 is 17.7 Å². The number of aldehydes is 1. The zero-order valence-electron chi connectivity index (χ0n) is 21.6. The number of carbonyl (C=O) groups is 2. The number of nitrogens with one attached hydrogen (secondary N) is 2. The van der Waals surface area contributed by atoms with E-state index in [2.05, 4.69) is 47.0 Å². The molecule has 0 aromatic heterocycles. The van der Waals surface area contributed by atoms with E-state index in [-0.39, 0.29) is 0 Å². The first-order valence-electron chi connectivity index (χ1n) is 11.8. The van der Waals surface area contributed by atoms with Crippen LogP contribution in [0.1, 0.15) is 31.9 Å². The van der Waals surface area contributed by atoms with Gasteiger partial charge in [-0.15, -0.1) is 11.8 Å². The van der Waals surface area contributed by atoms with E-state index in [4.69, 9.17) is 9.47 Å². The summed E-state index contributed by atoms with van der Waals surface area (Å²) in [6.45, 7) is 5.33. The molecule has 7 heteroatoms. The normalized spacial score (nSPS) is 11.4. The van der Waals surface area contributed by atoms with E-state index in [1.807, 2.05) is 49.5 Å². The molecule has 3 rings (SSSR count). The minimum atomic E-state index is -0.574. The third kappa shape index (κ3) is 10.9. The summed E-state index contributed by atoms with van der Waals surface area (Å²) >= 11 is 1.79. The minimum absolute atomic E-state index is 0.462. The van der Waals surface area contributed by atoms with E-state index in [9.17, 15) is 9.59 Å². The number of methoxy groups -OCH3 is 1. The SMILES string of the molecule is CC(C)(C)OC(=O)NC(C=O)Cc1ccccc1.CNc1ccc(SCc2ccccc2)c(OC)c1. The summed E-state index contributed by atoms with van der Waals surface area (Å²) in [5, 5.41) is 5.66. The highest BCUT2D eigenvalue weighted by Gasteiger charge is 2.19. The lowest BCUT2D eigenvalue weighted by atomic mass is 10.1. The maximum atomic E-state index is 11.5. The Morgan fingerprint density at radius 1 is 0.972 bits per heavy atom. The first-order valence-corrected chi connectivity index (χ1v) is 12.7. The molecule has 1 atom stereocenters. The van der Waals surface area contributed by atoms with Crippen LogP contribution in [0, 0.1) is 0 Å². The largest absolute Gasteiger partial charge is 0.496 e. The molecule has 0 bridgehead atoms. The van der Waals surface area contributed by atoms with Gasteiger partial charge in [0.2, 0.25) is 0 Å². The van der Waals surface area contributed by atoms with Crippen LogP contribution in [0.3, 0.4) is 0 Å². The maximum absolute atomic E-state index is 11.5. The van der Waals surface area contributed by atoms with E-state index in [0.29, 0.717) is 6.42 Å². The van der Waals surface area contributed by atoms with Crippen molar-refractivity contribution in [2.24, 2.45) is 0 Å². The van der Waals surface area contributed by atoms with Gasteiger partial charge in [0, 0.05) is 29.4 Å². The summed E-state index contributed by atoms with van der Waals surface area (Å²) < 4.78 is 10.5. The number of carbonyl (C=O) groups excluding carboxylic acids is 2. The number of hydrogen-bond acceptors (Lipinski definition) is 6. The summed E-state index contributed by atoms with van der Waals surface area (Å²) in [6.07, 6.45) is 0.607. The maximum Gasteiger partial charge on any atom is 0.408 e. The average molecular weight is 509 g/mol. The van der Waals surface area contributed by atoms with E-state index in [1.54, 1.807) is 39.6 Å². The fourth-order valence-corrected chi connectivity index (χ4v) is 4.10. The predicted molar refractivity (Wildman–Crippen MR) is 148 cm³/mol. The summed E-state index contributed by atoms with van der Waals surface area (Å²) in [7, 11) is 3.62. The van der Waals surface area contributed by atoms with Gasteiger partial charge in [-0.2, -0.15) is 0 Å². The summed E-state index contributed by atoms with van der Waals surface area (Å²) in [5.74, 6) is 1.87. The lowest BCUT2D eigenvalue weighted by Gasteiger charge is -2.21. The molecule has 0 radical (unpaired) electrons. The molecule has 192 valence electrons. The topological polar surface area (TPSA) is 76.7 Å². The predicted octanol–water partition coefficient (Wildman–Crippen LogP) is 6.35. The van der Waals surface area contributed by atoms with Gasteiger partial charge in [-0.05, 0) is 50.5 Å². The Labute approximate surface area is 218 Å². The molecule has 1 amide bonds. The molecule has 3 aromatic carbocycles. The van der Waals surface area contributed by atoms with Gasteiger partial charge in [0.15, 0.2) is 0 Å². The summed E-state index contributed by atoms with van der Waals surface area (Å²) in [4.78, 5) is 23.6. The van der Waals surface area contributed by atoms with Crippen molar-refractivity contribution in [3.63, 3.8) is 0 Å². The molecule has 0 aliphatic rings. The second-order valence-electron chi connectivity index (χ2n) is 8.97. The Morgan fingerprint density at radius 3 is 2.11 bits per heavy atom. The molecular weight excluding hydrogens is 472 g/mol. The Balaban J connectivity index is 0.000000254. The average Bonchev–Trinajstić information content (AvgIpc) is 2.87. The van der Waals surface area contributed by atoms with Crippen LogP contribution in [0.5, 0.6) is 5.75 Å². The van der Waals surface area contributed by atoms with Gasteiger partial charge in [-0.3, -0.25) is 0 Å². The van der Waals surface area contributed by atoms with Gasteiger partial charge in [0.05, 0.1) is 13.2 Å². The van der Waals surface area contributed by atoms with Crippen LogP contribution in [0.4, 0.5) is 10.5 Å². The van der Waals surface area contributed by atoms with Gasteiger partial charge >= 0.3 is 6.09 Å². The molecule has 0 aliphatic carbocycles. The quantitative estimate of drug-likeness (QED) is 0.259. The molecule has 1 unspecified atom stereocenters. The van der Waals surface area contributed by atoms with Gasteiger partial charge in [0.25, 0.3) is 0 Å². The molecular formula is C29H36N2O4S. The summed E-state index contributed by atoms with van der Waals surface area (Å²) in [6, 6.07) is 25.6. The highest BCUT2D eigenvalue weighted by atomic mass is 32.2. The first kappa shape index (κ1) is 28.8. The molecule has 0 fully saturated rings. The van der Waals surface area contributed by atoms with Gasteiger partial charge in [-0.25, -0.2) is 4.79 Å². The zero-order valence-corrected chi connectivity index (χ0v) is 22.4. The Hall–Kier alpha value is -3.45. The number of benzene rings is 3. The van der Waals surface area contributed by atoms with Crippen LogP contribution in [0.2, 0.25) is 0 Å². The number of amides is 1. The van der Waals surface area contributed by atoms with Crippen molar-refractivity contribution < 1.29 is 19.1 Å². The molecule has 0 aliphatic heterocycles. The zero-order chi connectivity index (χ0) is 26.4. The van der Waals surface area contributed by atoms with Gasteiger partial charge in [-0.1, -0.05) is 60.7 Å². The van der Waals surface area contributed by atoms with Crippen molar-refractivity contribution in [1.29, 1.82) is 0 Å². The number of hydrogen-bond donors (Lipinski definition) is 2. The smallest absolute Gasteiger partial charge is 0.408 e. The number of ether oxygens (including phenoxy) is 2. The monoisotopic (exact) mass is 508 g/mol. The lowest BCUT2D eigenvalue weighted by Crippen LogP contribution is -2.41. The number of thioether (sulfide) groups is 1. The number of anilines is 1. The van der Waals surface area contributed by atoms with Crippen LogP contribution in [0.25, 0.3) is 0 Å².